The molecule has 0 aromatic rings. The first-order chi connectivity index (χ1) is 1.41. The summed E-state index contributed by atoms with van der Waals surface area (Å²) < 4.78 is 0. The van der Waals surface area contributed by atoms with Gasteiger partial charge in [-0.3, -0.25) is 0 Å². The Labute approximate surface area is 42.3 Å². The van der Waals surface area contributed by atoms with Crippen molar-refractivity contribution in [2.45, 2.75) is 0 Å². The quantitative estimate of drug-likeness (QED) is 0.308. The fraction of sp³-hybridized carbons (Fsp3) is 0. The van der Waals surface area contributed by atoms with E-state index in [1.807, 2.05) is 0 Å². The fourth-order valence-electron chi connectivity index (χ4n) is 0. The molecule has 0 aromatic heterocycles. The van der Waals surface area contributed by atoms with Gasteiger partial charge in [-0.25, -0.2) is 0 Å². The predicted molar refractivity (Wildman–Crippen MR) is 20.1 cm³/mol. The van der Waals surface area contributed by atoms with Gasteiger partial charge in [0.05, 0.1) is 0 Å². The van der Waals surface area contributed by atoms with Crippen molar-refractivity contribution in [3.8, 4) is 0 Å². The van der Waals surface area contributed by atoms with Gasteiger partial charge in [0.2, 0.25) is 0 Å². The average Bonchev–Trinajstić information content (AvgIpc) is 0.918. The van der Waals surface area contributed by atoms with Crippen molar-refractivity contribution in [2.24, 2.45) is 5.73 Å². The van der Waals surface area contributed by atoms with Crippen LogP contribution in [0.1, 0.15) is 0 Å². The van der Waals surface area contributed by atoms with Crippen molar-refractivity contribution in [1.29, 1.82) is 0 Å². The van der Waals surface area contributed by atoms with Crippen molar-refractivity contribution in [2.75, 3.05) is 0 Å². The molecule has 5 heteroatoms. The summed E-state index contributed by atoms with van der Waals surface area (Å²) in [7, 11) is 0. The zero-order valence-corrected chi connectivity index (χ0v) is 3.57. The molecule has 0 heterocycles. The summed E-state index contributed by atoms with van der Waals surface area (Å²) in [6, 6.07) is 0. The van der Waals surface area contributed by atoms with E-state index in [2.05, 4.69) is 12.3 Å². The smallest absolute Gasteiger partial charge is 1.00 e. The minimum absolute atomic E-state index is 0. The zero-order chi connectivity index (χ0) is 2.71. The molecule has 42 valence electrons. The number of hydrogen-bond acceptors (Lipinski definition) is 1. The molecular formula is C2H5BF3N. The minimum atomic E-state index is 0. The van der Waals surface area contributed by atoms with E-state index in [1.54, 1.807) is 0 Å². The molecule has 0 saturated heterocycles. The van der Waals surface area contributed by atoms with Gasteiger partial charge in [0, 0.05) is 0 Å². The van der Waals surface area contributed by atoms with E-state index in [9.17, 15) is 0 Å². The molecule has 0 rings (SSSR count). The summed E-state index contributed by atoms with van der Waals surface area (Å²) in [4.78, 5) is 0. The second-order valence-corrected chi connectivity index (χ2v) is 0.236. The zero-order valence-electron chi connectivity index (χ0n) is 3.57. The summed E-state index contributed by atoms with van der Waals surface area (Å²) in [5.41, 5.74) is 4.61. The maximum Gasteiger partial charge on any atom is 3.00 e. The maximum atomic E-state index is 4.61. The topological polar surface area (TPSA) is 26.0 Å². The molecule has 0 spiro atoms. The van der Waals surface area contributed by atoms with Crippen molar-refractivity contribution in [3.63, 3.8) is 0 Å². The van der Waals surface area contributed by atoms with Gasteiger partial charge in [0.1, 0.15) is 0 Å². The predicted octanol–water partition coefficient (Wildman–Crippen LogP) is -9.28. The van der Waals surface area contributed by atoms with Crippen molar-refractivity contribution in [3.05, 3.63) is 12.8 Å². The van der Waals surface area contributed by atoms with Crippen LogP contribution in [0.4, 0.5) is 0 Å². The molecule has 2 N–H and O–H groups in total. The molecule has 0 aliphatic rings. The Morgan fingerprint density at radius 1 is 1.14 bits per heavy atom. The summed E-state index contributed by atoms with van der Waals surface area (Å²) in [6.45, 7) is 3.14. The number of nitrogens with two attached hydrogens (primary N) is 1. The first-order valence-corrected chi connectivity index (χ1v) is 0.742. The van der Waals surface area contributed by atoms with Crippen LogP contribution in [0.2, 0.25) is 0 Å². The Hall–Kier alpha value is -0.605. The molecule has 0 atom stereocenters. The maximum absolute atomic E-state index is 4.61. The molecule has 0 aliphatic carbocycles. The van der Waals surface area contributed by atoms with E-state index < -0.39 is 0 Å². The Kier molecular flexibility index (Phi) is 9130. The Morgan fingerprint density at radius 2 is 1.14 bits per heavy atom. The number of rotatable bonds is 0. The van der Waals surface area contributed by atoms with Gasteiger partial charge in [0.15, 0.2) is 0 Å². The van der Waals surface area contributed by atoms with Crippen LogP contribution in [0.25, 0.3) is 0 Å². The molecular weight excluding hydrogens is 106 g/mol. The third-order valence-electron chi connectivity index (χ3n) is 0. The third-order valence-corrected chi connectivity index (χ3v) is 0. The minimum Gasteiger partial charge on any atom is -1.00 e. The average molecular weight is 111 g/mol. The van der Waals surface area contributed by atoms with Crippen LogP contribution in [0.5, 0.6) is 0 Å². The van der Waals surface area contributed by atoms with Gasteiger partial charge < -0.3 is 19.8 Å². The van der Waals surface area contributed by atoms with Crippen LogP contribution >= 0.6 is 0 Å². The van der Waals surface area contributed by atoms with Crippen LogP contribution in [-0.2, 0) is 0 Å². The first kappa shape index (κ1) is 95.7. The fourth-order valence-corrected chi connectivity index (χ4v) is 0. The number of hydrogen-bond donors (Lipinski definition) is 1. The molecule has 0 bridgehead atoms. The standard InChI is InChI=1S/C2H5N.B.3FH/c1-2-3;;;;/h2H,1,3H2;;3*1H/q;+3;;;/p-3. The molecule has 0 radical (unpaired) electrons. The van der Waals surface area contributed by atoms with E-state index in [4.69, 9.17) is 0 Å². The summed E-state index contributed by atoms with van der Waals surface area (Å²) in [5.74, 6) is 0. The van der Waals surface area contributed by atoms with Crippen molar-refractivity contribution >= 4 is 8.41 Å². The molecule has 7 heavy (non-hydrogen) atoms. The molecule has 0 amide bonds. The van der Waals surface area contributed by atoms with Gasteiger partial charge in [-0.15, -0.1) is 0 Å². The Balaban J connectivity index is -0.00000000333. The second-order valence-electron chi connectivity index (χ2n) is 0.236. The Morgan fingerprint density at radius 3 is 1.14 bits per heavy atom. The first-order valence-electron chi connectivity index (χ1n) is 0.742. The molecule has 0 aliphatic heterocycles. The molecule has 0 fully saturated rings. The van der Waals surface area contributed by atoms with E-state index in [0.717, 1.165) is 0 Å². The van der Waals surface area contributed by atoms with Gasteiger partial charge in [-0.05, 0) is 6.20 Å². The van der Waals surface area contributed by atoms with Crippen molar-refractivity contribution < 1.29 is 14.1 Å². The van der Waals surface area contributed by atoms with E-state index in [0.29, 0.717) is 0 Å². The van der Waals surface area contributed by atoms with Gasteiger partial charge in [-0.2, -0.15) is 0 Å². The monoisotopic (exact) mass is 111 g/mol. The second kappa shape index (κ2) is 668. The van der Waals surface area contributed by atoms with E-state index >= 15 is 0 Å². The van der Waals surface area contributed by atoms with Gasteiger partial charge >= 0.3 is 8.41 Å². The van der Waals surface area contributed by atoms with Gasteiger partial charge in [0.25, 0.3) is 0 Å². The van der Waals surface area contributed by atoms with Crippen LogP contribution in [0.15, 0.2) is 12.8 Å². The summed E-state index contributed by atoms with van der Waals surface area (Å²) >= 11 is 0. The van der Waals surface area contributed by atoms with E-state index in [1.165, 1.54) is 6.20 Å². The SMILES string of the molecule is C=CN.[B+3].[F-].[F-].[F-]. The molecule has 0 saturated carbocycles. The van der Waals surface area contributed by atoms with Crippen molar-refractivity contribution in [1.82, 2.24) is 0 Å². The third kappa shape index (κ3) is 170. The number of halogens is 3. The molecule has 0 aromatic carbocycles. The Bertz CT molecular complexity index is 20.4. The normalized spacial score (nSPS) is 1.71. The van der Waals surface area contributed by atoms with Crippen LogP contribution in [0.3, 0.4) is 0 Å². The largest absolute Gasteiger partial charge is 3.00 e. The summed E-state index contributed by atoms with van der Waals surface area (Å²) in [5, 5.41) is 0. The van der Waals surface area contributed by atoms with E-state index in [-0.39, 0.29) is 22.5 Å². The summed E-state index contributed by atoms with van der Waals surface area (Å²) in [6.07, 6.45) is 1.25. The van der Waals surface area contributed by atoms with Gasteiger partial charge in [-0.1, -0.05) is 6.58 Å². The van der Waals surface area contributed by atoms with Crippen LogP contribution in [-0.4, -0.2) is 8.41 Å². The molecule has 0 unspecified atom stereocenters. The molecule has 1 nitrogen and oxygen atoms in total. The van der Waals surface area contributed by atoms with Crippen LogP contribution < -0.4 is 19.8 Å². The van der Waals surface area contributed by atoms with Crippen LogP contribution in [0, 0.1) is 0 Å².